The Kier molecular flexibility index (Phi) is 5.69. The van der Waals surface area contributed by atoms with E-state index in [0.717, 1.165) is 36.1 Å². The van der Waals surface area contributed by atoms with Crippen LogP contribution in [-0.2, 0) is 11.2 Å². The van der Waals surface area contributed by atoms with Crippen LogP contribution in [0.3, 0.4) is 0 Å². The van der Waals surface area contributed by atoms with Crippen LogP contribution in [0.25, 0.3) is 0 Å². The van der Waals surface area contributed by atoms with Gasteiger partial charge in [-0.15, -0.1) is 0 Å². The maximum Gasteiger partial charge on any atom is 0.261 e. The van der Waals surface area contributed by atoms with Gasteiger partial charge in [-0.05, 0) is 48.9 Å². The van der Waals surface area contributed by atoms with Gasteiger partial charge in [-0.25, -0.2) is 0 Å². The summed E-state index contributed by atoms with van der Waals surface area (Å²) in [6, 6.07) is 12.4. The molecule has 0 radical (unpaired) electrons. The summed E-state index contributed by atoms with van der Waals surface area (Å²) in [5.41, 5.74) is 2.89. The number of nitrogens with zero attached hydrogens (tertiary/aromatic N) is 2. The molecule has 1 saturated carbocycles. The largest absolute Gasteiger partial charge is 0.496 e. The highest BCUT2D eigenvalue weighted by atomic mass is 16.5. The van der Waals surface area contributed by atoms with Crippen LogP contribution < -0.4 is 4.74 Å². The average molecular weight is 447 g/mol. The normalized spacial score (nSPS) is 24.5. The third kappa shape index (κ3) is 3.62. The molecular formula is C27H30N2O4. The predicted molar refractivity (Wildman–Crippen MR) is 124 cm³/mol. The highest BCUT2D eigenvalue weighted by molar-refractivity contribution is 6.21. The Hall–Kier alpha value is -3.15. The molecule has 0 N–H and O–H groups in total. The topological polar surface area (TPSA) is 66.9 Å². The van der Waals surface area contributed by atoms with Crippen molar-refractivity contribution in [2.75, 3.05) is 20.2 Å². The molecule has 3 aliphatic rings. The molecule has 0 unspecified atom stereocenters. The van der Waals surface area contributed by atoms with Gasteiger partial charge >= 0.3 is 0 Å². The van der Waals surface area contributed by atoms with Gasteiger partial charge in [0.15, 0.2) is 0 Å². The second-order valence-electron chi connectivity index (χ2n) is 9.46. The van der Waals surface area contributed by atoms with Gasteiger partial charge in [0.1, 0.15) is 5.75 Å². The third-order valence-corrected chi connectivity index (χ3v) is 7.67. The molecule has 1 fully saturated rings. The summed E-state index contributed by atoms with van der Waals surface area (Å²) in [4.78, 5) is 43.3. The zero-order chi connectivity index (χ0) is 23.1. The number of imide groups is 1. The van der Waals surface area contributed by atoms with E-state index in [-0.39, 0.29) is 36.2 Å². The fourth-order valence-electron chi connectivity index (χ4n) is 5.84. The van der Waals surface area contributed by atoms with Gasteiger partial charge in [0.2, 0.25) is 5.91 Å². The second kappa shape index (κ2) is 8.65. The molecule has 172 valence electrons. The van der Waals surface area contributed by atoms with Crippen molar-refractivity contribution < 1.29 is 19.1 Å². The van der Waals surface area contributed by atoms with E-state index in [1.54, 1.807) is 31.4 Å². The van der Waals surface area contributed by atoms with Crippen LogP contribution in [-0.4, -0.2) is 47.7 Å². The summed E-state index contributed by atoms with van der Waals surface area (Å²) >= 11 is 0. The molecule has 2 aromatic carbocycles. The fraction of sp³-hybridized carbons (Fsp3) is 0.444. The summed E-state index contributed by atoms with van der Waals surface area (Å²) < 4.78 is 5.60. The molecule has 2 aliphatic heterocycles. The van der Waals surface area contributed by atoms with E-state index in [1.807, 2.05) is 23.1 Å². The molecular weight excluding hydrogens is 416 g/mol. The summed E-state index contributed by atoms with van der Waals surface area (Å²) in [5, 5.41) is 0. The number of hydrogen-bond donors (Lipinski definition) is 0. The molecule has 0 bridgehead atoms. The SMILES string of the molecule is COc1cccc2c1CCN(C(=O)[C@H]1CCCC[C@H]1C)[C@H]2CN1C(=O)c2ccccc2C1=O. The Bertz CT molecular complexity index is 1080. The minimum Gasteiger partial charge on any atom is -0.496 e. The van der Waals surface area contributed by atoms with E-state index in [9.17, 15) is 14.4 Å². The Labute approximate surface area is 194 Å². The van der Waals surface area contributed by atoms with E-state index in [2.05, 4.69) is 6.92 Å². The van der Waals surface area contributed by atoms with Crippen molar-refractivity contribution in [1.82, 2.24) is 9.80 Å². The first-order chi connectivity index (χ1) is 16.0. The summed E-state index contributed by atoms with van der Waals surface area (Å²) in [5.74, 6) is 0.705. The van der Waals surface area contributed by atoms with Crippen molar-refractivity contribution in [2.24, 2.45) is 11.8 Å². The number of benzene rings is 2. The van der Waals surface area contributed by atoms with Crippen molar-refractivity contribution in [3.63, 3.8) is 0 Å². The monoisotopic (exact) mass is 446 g/mol. The zero-order valence-electron chi connectivity index (χ0n) is 19.3. The smallest absolute Gasteiger partial charge is 0.261 e. The standard InChI is InChI=1S/C27H30N2O4/c1-17-8-3-4-9-18(17)25(30)28-15-14-20-19(12-7-13-24(20)33-2)23(28)16-29-26(31)21-10-5-6-11-22(21)27(29)32/h5-7,10-13,17-18,23H,3-4,8-9,14-16H2,1-2H3/t17-,18+,23+/m1/s1. The predicted octanol–water partition coefficient (Wildman–Crippen LogP) is 4.24. The summed E-state index contributed by atoms with van der Waals surface area (Å²) in [7, 11) is 1.65. The molecule has 6 heteroatoms. The molecule has 0 saturated heterocycles. The summed E-state index contributed by atoms with van der Waals surface area (Å²) in [6.07, 6.45) is 4.91. The summed E-state index contributed by atoms with van der Waals surface area (Å²) in [6.45, 7) is 2.88. The quantitative estimate of drug-likeness (QED) is 0.659. The van der Waals surface area contributed by atoms with E-state index in [1.165, 1.54) is 11.3 Å². The Morgan fingerprint density at radius 3 is 2.36 bits per heavy atom. The molecule has 33 heavy (non-hydrogen) atoms. The second-order valence-corrected chi connectivity index (χ2v) is 9.46. The number of amides is 3. The van der Waals surface area contributed by atoms with Crippen molar-refractivity contribution in [2.45, 2.75) is 45.1 Å². The van der Waals surface area contributed by atoms with Crippen LogP contribution in [0.5, 0.6) is 5.75 Å². The zero-order valence-corrected chi connectivity index (χ0v) is 19.3. The highest BCUT2D eigenvalue weighted by Gasteiger charge is 2.42. The molecule has 2 heterocycles. The van der Waals surface area contributed by atoms with Gasteiger partial charge in [-0.3, -0.25) is 19.3 Å². The van der Waals surface area contributed by atoms with E-state index >= 15 is 0 Å². The number of carbonyl (C=O) groups excluding carboxylic acids is 3. The Morgan fingerprint density at radius 1 is 1.00 bits per heavy atom. The maximum absolute atomic E-state index is 13.8. The first-order valence-corrected chi connectivity index (χ1v) is 11.9. The lowest BCUT2D eigenvalue weighted by Crippen LogP contribution is -2.49. The molecule has 5 rings (SSSR count). The number of ether oxygens (including phenoxy) is 1. The van der Waals surface area contributed by atoms with Gasteiger partial charge in [0.05, 0.1) is 30.8 Å². The van der Waals surface area contributed by atoms with E-state index < -0.39 is 0 Å². The Balaban J connectivity index is 1.52. The van der Waals surface area contributed by atoms with Crippen LogP contribution in [0.1, 0.15) is 70.5 Å². The fourth-order valence-corrected chi connectivity index (χ4v) is 5.84. The first-order valence-electron chi connectivity index (χ1n) is 11.9. The van der Waals surface area contributed by atoms with Gasteiger partial charge < -0.3 is 9.64 Å². The molecule has 3 atom stereocenters. The lowest BCUT2D eigenvalue weighted by molar-refractivity contribution is -0.141. The molecule has 1 aliphatic carbocycles. The van der Waals surface area contributed by atoms with Crippen molar-refractivity contribution in [3.8, 4) is 5.75 Å². The lowest BCUT2D eigenvalue weighted by Gasteiger charge is -2.42. The molecule has 6 nitrogen and oxygen atoms in total. The first kappa shape index (κ1) is 21.7. The number of hydrogen-bond acceptors (Lipinski definition) is 4. The number of fused-ring (bicyclic) bond motifs is 2. The average Bonchev–Trinajstić information content (AvgIpc) is 3.08. The van der Waals surface area contributed by atoms with Gasteiger partial charge in [0.25, 0.3) is 11.8 Å². The molecule has 2 aromatic rings. The number of carbonyl (C=O) groups is 3. The molecule has 0 aromatic heterocycles. The number of rotatable bonds is 4. The van der Waals surface area contributed by atoms with Crippen LogP contribution >= 0.6 is 0 Å². The minimum atomic E-state index is -0.382. The molecule has 3 amide bonds. The van der Waals surface area contributed by atoms with Crippen LogP contribution in [0.2, 0.25) is 0 Å². The molecule has 0 spiro atoms. The number of methoxy groups -OCH3 is 1. The van der Waals surface area contributed by atoms with Crippen LogP contribution in [0.4, 0.5) is 0 Å². The van der Waals surface area contributed by atoms with E-state index in [0.29, 0.717) is 30.0 Å². The van der Waals surface area contributed by atoms with Crippen molar-refractivity contribution in [1.29, 1.82) is 0 Å². The van der Waals surface area contributed by atoms with Crippen molar-refractivity contribution in [3.05, 3.63) is 64.7 Å². The van der Waals surface area contributed by atoms with Crippen LogP contribution in [0.15, 0.2) is 42.5 Å². The highest BCUT2D eigenvalue weighted by Crippen LogP contribution is 2.40. The van der Waals surface area contributed by atoms with Crippen LogP contribution in [0, 0.1) is 11.8 Å². The Morgan fingerprint density at radius 2 is 1.70 bits per heavy atom. The minimum absolute atomic E-state index is 0.00409. The van der Waals surface area contributed by atoms with Gasteiger partial charge in [0, 0.05) is 18.0 Å². The third-order valence-electron chi connectivity index (χ3n) is 7.67. The van der Waals surface area contributed by atoms with Gasteiger partial charge in [-0.1, -0.05) is 44.0 Å². The maximum atomic E-state index is 13.8. The van der Waals surface area contributed by atoms with E-state index in [4.69, 9.17) is 4.74 Å². The van der Waals surface area contributed by atoms with Crippen molar-refractivity contribution >= 4 is 17.7 Å². The van der Waals surface area contributed by atoms with Gasteiger partial charge in [-0.2, -0.15) is 0 Å². The lowest BCUT2D eigenvalue weighted by atomic mass is 9.78.